The van der Waals surface area contributed by atoms with E-state index in [2.05, 4.69) is 5.32 Å². The Bertz CT molecular complexity index is 1100. The van der Waals surface area contributed by atoms with Gasteiger partial charge in [-0.25, -0.2) is 4.79 Å². The van der Waals surface area contributed by atoms with Crippen LogP contribution < -0.4 is 14.8 Å². The van der Waals surface area contributed by atoms with Gasteiger partial charge in [-0.1, -0.05) is 42.5 Å². The second kappa shape index (κ2) is 11.5. The second-order valence-corrected chi connectivity index (χ2v) is 7.15. The molecule has 33 heavy (non-hydrogen) atoms. The van der Waals surface area contributed by atoms with Crippen molar-refractivity contribution in [2.75, 3.05) is 26.1 Å². The Kier molecular flexibility index (Phi) is 8.18. The Hall–Kier alpha value is -4.13. The number of methoxy groups -OCH3 is 2. The van der Waals surface area contributed by atoms with E-state index < -0.39 is 18.6 Å². The Morgan fingerprint density at radius 3 is 2.06 bits per heavy atom. The third-order valence-corrected chi connectivity index (χ3v) is 4.96. The molecule has 170 valence electrons. The van der Waals surface area contributed by atoms with Crippen molar-refractivity contribution < 1.29 is 28.6 Å². The summed E-state index contributed by atoms with van der Waals surface area (Å²) in [4.78, 5) is 38.1. The van der Waals surface area contributed by atoms with Crippen LogP contribution >= 0.6 is 0 Å². The summed E-state index contributed by atoms with van der Waals surface area (Å²) in [6, 6.07) is 21.2. The molecule has 0 amide bonds. The van der Waals surface area contributed by atoms with Gasteiger partial charge < -0.3 is 19.5 Å². The second-order valence-electron chi connectivity index (χ2n) is 7.15. The number of hydrogen-bond acceptors (Lipinski definition) is 7. The maximum Gasteiger partial charge on any atom is 0.329 e. The van der Waals surface area contributed by atoms with E-state index in [0.29, 0.717) is 28.3 Å². The fourth-order valence-electron chi connectivity index (χ4n) is 3.17. The predicted octanol–water partition coefficient (Wildman–Crippen LogP) is 4.18. The van der Waals surface area contributed by atoms with Gasteiger partial charge in [-0.2, -0.15) is 0 Å². The van der Waals surface area contributed by atoms with E-state index in [9.17, 15) is 14.4 Å². The average Bonchev–Trinajstić information content (AvgIpc) is 2.87. The van der Waals surface area contributed by atoms with Crippen molar-refractivity contribution in [3.63, 3.8) is 0 Å². The summed E-state index contributed by atoms with van der Waals surface area (Å²) in [6.07, 6.45) is -0.155. The van der Waals surface area contributed by atoms with Gasteiger partial charge in [0.15, 0.2) is 18.2 Å². The van der Waals surface area contributed by atoms with Crippen LogP contribution in [0.15, 0.2) is 78.9 Å². The molecule has 1 N–H and O–H groups in total. The number of benzene rings is 3. The van der Waals surface area contributed by atoms with Crippen LogP contribution in [0.3, 0.4) is 0 Å². The van der Waals surface area contributed by atoms with Crippen molar-refractivity contribution in [1.29, 1.82) is 0 Å². The first-order chi connectivity index (χ1) is 16.0. The van der Waals surface area contributed by atoms with Crippen molar-refractivity contribution in [3.8, 4) is 11.5 Å². The van der Waals surface area contributed by atoms with Crippen LogP contribution in [0.4, 0.5) is 5.69 Å². The molecule has 0 aliphatic rings. The zero-order valence-corrected chi connectivity index (χ0v) is 18.4. The number of anilines is 1. The number of hydrogen-bond donors (Lipinski definition) is 1. The van der Waals surface area contributed by atoms with E-state index >= 15 is 0 Å². The van der Waals surface area contributed by atoms with Crippen LogP contribution in [-0.4, -0.2) is 44.4 Å². The van der Waals surface area contributed by atoms with Gasteiger partial charge in [0.05, 0.1) is 19.9 Å². The molecule has 0 saturated carbocycles. The van der Waals surface area contributed by atoms with Crippen LogP contribution in [0.2, 0.25) is 0 Å². The zero-order valence-electron chi connectivity index (χ0n) is 18.4. The molecule has 0 aromatic heterocycles. The van der Waals surface area contributed by atoms with Crippen molar-refractivity contribution in [2.24, 2.45) is 0 Å². The molecule has 0 radical (unpaired) electrons. The highest BCUT2D eigenvalue weighted by Gasteiger charge is 2.26. The number of para-hydroxylation sites is 2. The minimum Gasteiger partial charge on any atom is -0.497 e. The van der Waals surface area contributed by atoms with Gasteiger partial charge in [0.2, 0.25) is 0 Å². The number of carbonyl (C=O) groups excluding carboxylic acids is 3. The number of carbonyl (C=O) groups is 3. The Labute approximate surface area is 192 Å². The van der Waals surface area contributed by atoms with E-state index in [1.807, 2.05) is 0 Å². The van der Waals surface area contributed by atoms with Gasteiger partial charge >= 0.3 is 5.97 Å². The van der Waals surface area contributed by atoms with Crippen LogP contribution in [0.5, 0.6) is 11.5 Å². The molecule has 1 unspecified atom stereocenters. The lowest BCUT2D eigenvalue weighted by Crippen LogP contribution is -2.35. The van der Waals surface area contributed by atoms with Crippen molar-refractivity contribution in [2.45, 2.75) is 12.5 Å². The first-order valence-electron chi connectivity index (χ1n) is 10.3. The van der Waals surface area contributed by atoms with Gasteiger partial charge in [0.1, 0.15) is 17.5 Å². The van der Waals surface area contributed by atoms with Crippen LogP contribution in [0.25, 0.3) is 0 Å². The zero-order chi connectivity index (χ0) is 23.6. The van der Waals surface area contributed by atoms with Gasteiger partial charge in [-0.3, -0.25) is 9.59 Å². The normalized spacial score (nSPS) is 11.2. The molecule has 3 aromatic carbocycles. The van der Waals surface area contributed by atoms with Crippen molar-refractivity contribution in [3.05, 3.63) is 90.0 Å². The van der Waals surface area contributed by atoms with Crippen molar-refractivity contribution in [1.82, 2.24) is 0 Å². The van der Waals surface area contributed by atoms with Gasteiger partial charge in [-0.05, 0) is 36.4 Å². The molecule has 0 bridgehead atoms. The fraction of sp³-hybridized carbons (Fsp3) is 0.192. The Morgan fingerprint density at radius 2 is 1.39 bits per heavy atom. The molecule has 7 nitrogen and oxygen atoms in total. The van der Waals surface area contributed by atoms with Gasteiger partial charge in [0.25, 0.3) is 0 Å². The number of nitrogens with one attached hydrogen (secondary N) is 1. The highest BCUT2D eigenvalue weighted by molar-refractivity contribution is 6.01. The summed E-state index contributed by atoms with van der Waals surface area (Å²) < 4.78 is 15.7. The predicted molar refractivity (Wildman–Crippen MR) is 124 cm³/mol. The number of Topliss-reactive ketones (excluding diaryl/α,β-unsaturated/α-hetero) is 2. The third-order valence-electron chi connectivity index (χ3n) is 4.96. The molecule has 7 heteroatoms. The summed E-state index contributed by atoms with van der Waals surface area (Å²) >= 11 is 0. The molecule has 3 rings (SSSR count). The number of rotatable bonds is 11. The fourth-order valence-corrected chi connectivity index (χ4v) is 3.17. The number of ketones is 2. The minimum absolute atomic E-state index is 0.155. The Balaban J connectivity index is 1.73. The lowest BCUT2D eigenvalue weighted by molar-refractivity contribution is -0.143. The van der Waals surface area contributed by atoms with Crippen LogP contribution in [-0.2, 0) is 9.53 Å². The van der Waals surface area contributed by atoms with Gasteiger partial charge in [0, 0.05) is 17.5 Å². The van der Waals surface area contributed by atoms with E-state index in [1.54, 1.807) is 78.9 Å². The SMILES string of the molecule is COc1ccc(C(=O)COC(=O)C(CC(=O)c2ccccc2)Nc2ccccc2OC)cc1. The first-order valence-corrected chi connectivity index (χ1v) is 10.3. The highest BCUT2D eigenvalue weighted by Crippen LogP contribution is 2.25. The average molecular weight is 447 g/mol. The minimum atomic E-state index is -1.02. The molecular formula is C26H25NO6. The molecule has 0 heterocycles. The Morgan fingerprint density at radius 1 is 0.758 bits per heavy atom. The lowest BCUT2D eigenvalue weighted by Gasteiger charge is -2.19. The molecule has 0 saturated heterocycles. The maximum absolute atomic E-state index is 12.9. The monoisotopic (exact) mass is 447 g/mol. The molecule has 0 aliphatic heterocycles. The third kappa shape index (κ3) is 6.43. The molecular weight excluding hydrogens is 422 g/mol. The molecule has 0 fully saturated rings. The molecule has 0 spiro atoms. The highest BCUT2D eigenvalue weighted by atomic mass is 16.5. The van der Waals surface area contributed by atoms with Crippen LogP contribution in [0.1, 0.15) is 27.1 Å². The lowest BCUT2D eigenvalue weighted by atomic mass is 10.0. The first kappa shape index (κ1) is 23.5. The summed E-state index contributed by atoms with van der Waals surface area (Å²) in [5, 5.41) is 3.03. The van der Waals surface area contributed by atoms with E-state index in [-0.39, 0.29) is 18.0 Å². The topological polar surface area (TPSA) is 90.9 Å². The number of ether oxygens (including phenoxy) is 3. The summed E-state index contributed by atoms with van der Waals surface area (Å²) in [5.41, 5.74) is 1.40. The van der Waals surface area contributed by atoms with Crippen molar-refractivity contribution >= 4 is 23.2 Å². The molecule has 1 atom stereocenters. The summed E-state index contributed by atoms with van der Waals surface area (Å²) in [7, 11) is 3.04. The van der Waals surface area contributed by atoms with E-state index in [0.717, 1.165) is 0 Å². The molecule has 3 aromatic rings. The molecule has 0 aliphatic carbocycles. The quantitative estimate of drug-likeness (QED) is 0.348. The van der Waals surface area contributed by atoms with E-state index in [4.69, 9.17) is 14.2 Å². The van der Waals surface area contributed by atoms with Gasteiger partial charge in [-0.15, -0.1) is 0 Å². The number of esters is 1. The van der Waals surface area contributed by atoms with E-state index in [1.165, 1.54) is 14.2 Å². The standard InChI is InChI=1S/C26H25NO6/c1-31-20-14-12-19(13-15-20)24(29)17-33-26(30)22(16-23(28)18-8-4-3-5-9-18)27-21-10-6-7-11-25(21)32-2/h3-15,22,27H,16-17H2,1-2H3. The maximum atomic E-state index is 12.9. The van der Waals surface area contributed by atoms with Crippen LogP contribution in [0, 0.1) is 0 Å². The largest absolute Gasteiger partial charge is 0.497 e. The summed E-state index contributed by atoms with van der Waals surface area (Å²) in [6.45, 7) is -0.450. The smallest absolute Gasteiger partial charge is 0.329 e. The summed E-state index contributed by atoms with van der Waals surface area (Å²) in [5.74, 6) is -0.189.